The van der Waals surface area contributed by atoms with Gasteiger partial charge in [-0.3, -0.25) is 0 Å². The molecule has 0 N–H and O–H groups in total. The quantitative estimate of drug-likeness (QED) is 0.815. The van der Waals surface area contributed by atoms with Crippen LogP contribution in [0.2, 0.25) is 0 Å². The predicted molar refractivity (Wildman–Crippen MR) is 80.9 cm³/mol. The number of ether oxygens (including phenoxy) is 1. The van der Waals surface area contributed by atoms with Crippen LogP contribution in [-0.2, 0) is 12.8 Å². The second-order valence-electron chi connectivity index (χ2n) is 4.83. The van der Waals surface area contributed by atoms with Crippen LogP contribution < -0.4 is 4.74 Å². The third kappa shape index (κ3) is 3.39. The van der Waals surface area contributed by atoms with Crippen LogP contribution in [0.15, 0.2) is 48.5 Å². The van der Waals surface area contributed by atoms with Crippen molar-refractivity contribution in [2.45, 2.75) is 25.7 Å². The Labute approximate surface area is 120 Å². The van der Waals surface area contributed by atoms with E-state index in [4.69, 9.17) is 4.74 Å². The van der Waals surface area contributed by atoms with E-state index in [1.54, 1.807) is 7.11 Å². The van der Waals surface area contributed by atoms with Crippen LogP contribution in [0.1, 0.15) is 29.5 Å². The Morgan fingerprint density at radius 1 is 1.00 bits per heavy atom. The van der Waals surface area contributed by atoms with E-state index in [0.29, 0.717) is 0 Å². The average molecular weight is 265 g/mol. The molecule has 0 aromatic heterocycles. The Hall–Kier alpha value is -2.27. The van der Waals surface area contributed by atoms with Crippen LogP contribution >= 0.6 is 0 Å². The van der Waals surface area contributed by atoms with Gasteiger partial charge in [0.2, 0.25) is 0 Å². The molecule has 0 aliphatic rings. The van der Waals surface area contributed by atoms with Gasteiger partial charge >= 0.3 is 0 Å². The van der Waals surface area contributed by atoms with Crippen molar-refractivity contribution in [3.63, 3.8) is 0 Å². The molecule has 2 heteroatoms. The molecule has 0 amide bonds. The van der Waals surface area contributed by atoms with Gasteiger partial charge in [-0.05, 0) is 41.7 Å². The summed E-state index contributed by atoms with van der Waals surface area (Å²) < 4.78 is 5.14. The van der Waals surface area contributed by atoms with Gasteiger partial charge in [-0.25, -0.2) is 0 Å². The molecule has 0 bridgehead atoms. The van der Waals surface area contributed by atoms with Crippen molar-refractivity contribution in [1.29, 1.82) is 5.26 Å². The van der Waals surface area contributed by atoms with Crippen LogP contribution in [0.25, 0.3) is 0 Å². The number of hydrogen-bond donors (Lipinski definition) is 0. The van der Waals surface area contributed by atoms with Gasteiger partial charge < -0.3 is 4.74 Å². The van der Waals surface area contributed by atoms with Crippen LogP contribution in [0, 0.1) is 11.3 Å². The zero-order chi connectivity index (χ0) is 14.4. The van der Waals surface area contributed by atoms with Crippen molar-refractivity contribution >= 4 is 0 Å². The number of nitrogens with zero attached hydrogens (tertiary/aromatic N) is 1. The molecular weight excluding hydrogens is 246 g/mol. The van der Waals surface area contributed by atoms with Gasteiger partial charge in [-0.1, -0.05) is 43.3 Å². The summed E-state index contributed by atoms with van der Waals surface area (Å²) in [6, 6.07) is 18.6. The predicted octanol–water partition coefficient (Wildman–Crippen LogP) is 4.11. The second kappa shape index (κ2) is 6.77. The first-order valence-electron chi connectivity index (χ1n) is 6.88. The topological polar surface area (TPSA) is 33.0 Å². The van der Waals surface area contributed by atoms with E-state index in [1.807, 2.05) is 24.3 Å². The first-order valence-corrected chi connectivity index (χ1v) is 6.88. The van der Waals surface area contributed by atoms with Gasteiger partial charge in [0.1, 0.15) is 5.75 Å². The molecule has 0 radical (unpaired) electrons. The highest BCUT2D eigenvalue weighted by molar-refractivity contribution is 5.34. The molecule has 1 atom stereocenters. The molecule has 0 aliphatic carbocycles. The minimum atomic E-state index is -0.117. The standard InChI is InChI=1S/C18H19NO/c1-3-14-4-6-15(7-5-14)12-17(13-19)16-8-10-18(20-2)11-9-16/h4-11,17H,3,12H2,1-2H3. The summed E-state index contributed by atoms with van der Waals surface area (Å²) >= 11 is 0. The molecule has 102 valence electrons. The molecule has 0 heterocycles. The lowest BCUT2D eigenvalue weighted by atomic mass is 9.93. The SMILES string of the molecule is CCc1ccc(CC(C#N)c2ccc(OC)cc2)cc1. The molecule has 0 spiro atoms. The van der Waals surface area contributed by atoms with Crippen molar-refractivity contribution in [3.8, 4) is 11.8 Å². The first kappa shape index (κ1) is 14.1. The molecule has 1 unspecified atom stereocenters. The van der Waals surface area contributed by atoms with E-state index in [9.17, 15) is 5.26 Å². The fourth-order valence-corrected chi connectivity index (χ4v) is 2.22. The number of aryl methyl sites for hydroxylation is 1. The van der Waals surface area contributed by atoms with Gasteiger partial charge in [-0.15, -0.1) is 0 Å². The van der Waals surface area contributed by atoms with Gasteiger partial charge in [0.15, 0.2) is 0 Å². The molecular formula is C18H19NO. The van der Waals surface area contributed by atoms with Crippen molar-refractivity contribution in [2.24, 2.45) is 0 Å². The maximum Gasteiger partial charge on any atom is 0.118 e. The fourth-order valence-electron chi connectivity index (χ4n) is 2.22. The zero-order valence-corrected chi connectivity index (χ0v) is 12.0. The summed E-state index contributed by atoms with van der Waals surface area (Å²) in [4.78, 5) is 0. The highest BCUT2D eigenvalue weighted by Crippen LogP contribution is 2.23. The molecule has 2 aromatic carbocycles. The Kier molecular flexibility index (Phi) is 4.79. The number of benzene rings is 2. The van der Waals surface area contributed by atoms with E-state index in [0.717, 1.165) is 24.2 Å². The van der Waals surface area contributed by atoms with Gasteiger partial charge in [-0.2, -0.15) is 5.26 Å². The number of rotatable bonds is 5. The van der Waals surface area contributed by atoms with Crippen molar-refractivity contribution in [2.75, 3.05) is 7.11 Å². The van der Waals surface area contributed by atoms with Crippen molar-refractivity contribution < 1.29 is 4.74 Å². The molecule has 0 saturated heterocycles. The highest BCUT2D eigenvalue weighted by Gasteiger charge is 2.11. The van der Waals surface area contributed by atoms with Crippen molar-refractivity contribution in [1.82, 2.24) is 0 Å². The molecule has 0 aliphatic heterocycles. The Bertz CT molecular complexity index is 578. The van der Waals surface area contributed by atoms with Crippen LogP contribution in [0.3, 0.4) is 0 Å². The first-order chi connectivity index (χ1) is 9.76. The number of hydrogen-bond acceptors (Lipinski definition) is 2. The summed E-state index contributed by atoms with van der Waals surface area (Å²) in [5.74, 6) is 0.700. The van der Waals surface area contributed by atoms with Crippen LogP contribution in [-0.4, -0.2) is 7.11 Å². The van der Waals surface area contributed by atoms with E-state index in [-0.39, 0.29) is 5.92 Å². The van der Waals surface area contributed by atoms with E-state index in [2.05, 4.69) is 37.3 Å². The lowest BCUT2D eigenvalue weighted by Crippen LogP contribution is -2.00. The molecule has 20 heavy (non-hydrogen) atoms. The molecule has 0 fully saturated rings. The minimum Gasteiger partial charge on any atom is -0.497 e. The van der Waals surface area contributed by atoms with E-state index in [1.165, 1.54) is 11.1 Å². The van der Waals surface area contributed by atoms with E-state index >= 15 is 0 Å². The molecule has 2 nitrogen and oxygen atoms in total. The average Bonchev–Trinajstić information content (AvgIpc) is 2.53. The highest BCUT2D eigenvalue weighted by atomic mass is 16.5. The summed E-state index contributed by atoms with van der Waals surface area (Å²) in [6.07, 6.45) is 1.78. The third-order valence-corrected chi connectivity index (χ3v) is 3.55. The van der Waals surface area contributed by atoms with Crippen LogP contribution in [0.5, 0.6) is 5.75 Å². The van der Waals surface area contributed by atoms with Gasteiger partial charge in [0.25, 0.3) is 0 Å². The zero-order valence-electron chi connectivity index (χ0n) is 12.0. The Morgan fingerprint density at radius 2 is 1.60 bits per heavy atom. The summed E-state index contributed by atoms with van der Waals surface area (Å²) in [6.45, 7) is 2.14. The Morgan fingerprint density at radius 3 is 2.10 bits per heavy atom. The fraction of sp³-hybridized carbons (Fsp3) is 0.278. The van der Waals surface area contributed by atoms with Gasteiger partial charge in [0.05, 0.1) is 19.1 Å². The monoisotopic (exact) mass is 265 g/mol. The normalized spacial score (nSPS) is 11.7. The van der Waals surface area contributed by atoms with Crippen LogP contribution in [0.4, 0.5) is 0 Å². The molecule has 2 rings (SSSR count). The van der Waals surface area contributed by atoms with Gasteiger partial charge in [0, 0.05) is 0 Å². The lowest BCUT2D eigenvalue weighted by molar-refractivity contribution is 0.414. The molecule has 0 saturated carbocycles. The maximum absolute atomic E-state index is 9.39. The second-order valence-corrected chi connectivity index (χ2v) is 4.83. The summed E-state index contributed by atoms with van der Waals surface area (Å²) in [5, 5.41) is 9.39. The summed E-state index contributed by atoms with van der Waals surface area (Å²) in [7, 11) is 1.64. The largest absolute Gasteiger partial charge is 0.497 e. The lowest BCUT2D eigenvalue weighted by Gasteiger charge is -2.11. The third-order valence-electron chi connectivity index (χ3n) is 3.55. The van der Waals surface area contributed by atoms with Crippen molar-refractivity contribution in [3.05, 3.63) is 65.2 Å². The van der Waals surface area contributed by atoms with E-state index < -0.39 is 0 Å². The number of nitriles is 1. The number of methoxy groups -OCH3 is 1. The molecule has 2 aromatic rings. The minimum absolute atomic E-state index is 0.117. The smallest absolute Gasteiger partial charge is 0.118 e. The maximum atomic E-state index is 9.39. The Balaban J connectivity index is 2.13. The summed E-state index contributed by atoms with van der Waals surface area (Å²) in [5.41, 5.74) is 3.56.